The molecular weight excluding hydrogens is 228 g/mol. The SMILES string of the molecule is O=C(CCC(=O)N1CC1)c1cc(F)ccc1F. The van der Waals surface area contributed by atoms with E-state index in [1.54, 1.807) is 4.90 Å². The third kappa shape index (κ3) is 2.87. The maximum absolute atomic E-state index is 13.2. The summed E-state index contributed by atoms with van der Waals surface area (Å²) < 4.78 is 26.1. The van der Waals surface area contributed by atoms with Gasteiger partial charge in [-0.3, -0.25) is 9.59 Å². The van der Waals surface area contributed by atoms with Crippen LogP contribution in [0.3, 0.4) is 0 Å². The summed E-state index contributed by atoms with van der Waals surface area (Å²) in [6.45, 7) is 1.45. The van der Waals surface area contributed by atoms with E-state index >= 15 is 0 Å². The number of hydrogen-bond donors (Lipinski definition) is 0. The Kier molecular flexibility index (Phi) is 3.17. The lowest BCUT2D eigenvalue weighted by Gasteiger charge is -2.03. The standard InChI is InChI=1S/C12H11F2NO2/c13-8-1-2-10(14)9(7-8)11(16)3-4-12(17)15-5-6-15/h1-2,7H,3-6H2. The van der Waals surface area contributed by atoms with E-state index in [0.717, 1.165) is 31.3 Å². The van der Waals surface area contributed by atoms with Crippen molar-refractivity contribution >= 4 is 11.7 Å². The molecule has 2 rings (SSSR count). The Bertz CT molecular complexity index is 470. The fraction of sp³-hybridized carbons (Fsp3) is 0.333. The fourth-order valence-corrected chi connectivity index (χ4v) is 1.52. The van der Waals surface area contributed by atoms with Crippen molar-refractivity contribution in [3.05, 3.63) is 35.4 Å². The van der Waals surface area contributed by atoms with Gasteiger partial charge in [-0.25, -0.2) is 8.78 Å². The van der Waals surface area contributed by atoms with Crippen LogP contribution in [0.2, 0.25) is 0 Å². The minimum absolute atomic E-state index is 0.0504. The first-order valence-electron chi connectivity index (χ1n) is 5.34. The van der Waals surface area contributed by atoms with Gasteiger partial charge in [-0.15, -0.1) is 0 Å². The van der Waals surface area contributed by atoms with Crippen LogP contribution in [-0.4, -0.2) is 29.7 Å². The highest BCUT2D eigenvalue weighted by atomic mass is 19.1. The van der Waals surface area contributed by atoms with E-state index in [-0.39, 0.29) is 24.3 Å². The van der Waals surface area contributed by atoms with E-state index in [1.807, 2.05) is 0 Å². The van der Waals surface area contributed by atoms with Gasteiger partial charge in [0.05, 0.1) is 5.56 Å². The molecule has 0 unspecified atom stereocenters. The maximum Gasteiger partial charge on any atom is 0.223 e. The molecule has 0 spiro atoms. The van der Waals surface area contributed by atoms with Crippen LogP contribution in [0, 0.1) is 11.6 Å². The summed E-state index contributed by atoms with van der Waals surface area (Å²) in [5.41, 5.74) is -0.288. The van der Waals surface area contributed by atoms with Crippen LogP contribution in [0.15, 0.2) is 18.2 Å². The second-order valence-electron chi connectivity index (χ2n) is 3.93. The largest absolute Gasteiger partial charge is 0.339 e. The molecule has 0 radical (unpaired) electrons. The van der Waals surface area contributed by atoms with E-state index in [4.69, 9.17) is 0 Å². The highest BCUT2D eigenvalue weighted by Crippen LogP contribution is 2.14. The first kappa shape index (κ1) is 11.7. The molecular formula is C12H11F2NO2. The lowest BCUT2D eigenvalue weighted by Crippen LogP contribution is -2.13. The van der Waals surface area contributed by atoms with E-state index in [9.17, 15) is 18.4 Å². The van der Waals surface area contributed by atoms with Crippen molar-refractivity contribution < 1.29 is 18.4 Å². The van der Waals surface area contributed by atoms with Crippen LogP contribution in [0.5, 0.6) is 0 Å². The van der Waals surface area contributed by atoms with Crippen molar-refractivity contribution in [2.24, 2.45) is 0 Å². The molecule has 0 N–H and O–H groups in total. The predicted molar refractivity (Wildman–Crippen MR) is 56.5 cm³/mol. The highest BCUT2D eigenvalue weighted by Gasteiger charge is 2.24. The quantitative estimate of drug-likeness (QED) is 0.593. The molecule has 1 fully saturated rings. The van der Waals surface area contributed by atoms with Crippen LogP contribution >= 0.6 is 0 Å². The summed E-state index contributed by atoms with van der Waals surface area (Å²) in [5.74, 6) is -2.07. The van der Waals surface area contributed by atoms with Crippen molar-refractivity contribution in [1.29, 1.82) is 0 Å². The number of carbonyl (C=O) groups excluding carboxylic acids is 2. The van der Waals surface area contributed by atoms with Gasteiger partial charge in [0.15, 0.2) is 5.78 Å². The molecule has 1 amide bonds. The Hall–Kier alpha value is -1.78. The molecule has 1 aromatic carbocycles. The molecule has 17 heavy (non-hydrogen) atoms. The van der Waals surface area contributed by atoms with Crippen molar-refractivity contribution in [3.8, 4) is 0 Å². The van der Waals surface area contributed by atoms with Gasteiger partial charge in [0.2, 0.25) is 5.91 Å². The molecule has 0 saturated carbocycles. The summed E-state index contributed by atoms with van der Waals surface area (Å²) in [4.78, 5) is 24.5. The lowest BCUT2D eigenvalue weighted by atomic mass is 10.1. The Morgan fingerprint density at radius 1 is 1.18 bits per heavy atom. The van der Waals surface area contributed by atoms with Gasteiger partial charge in [0.1, 0.15) is 11.6 Å². The molecule has 5 heteroatoms. The Morgan fingerprint density at radius 3 is 2.53 bits per heavy atom. The first-order chi connectivity index (χ1) is 8.08. The van der Waals surface area contributed by atoms with Crippen molar-refractivity contribution in [1.82, 2.24) is 4.90 Å². The molecule has 0 bridgehead atoms. The predicted octanol–water partition coefficient (Wildman–Crippen LogP) is 1.77. The van der Waals surface area contributed by atoms with Crippen LogP contribution < -0.4 is 0 Å². The zero-order chi connectivity index (χ0) is 12.4. The molecule has 1 aliphatic heterocycles. The number of carbonyl (C=O) groups is 2. The number of hydrogen-bond acceptors (Lipinski definition) is 2. The zero-order valence-corrected chi connectivity index (χ0v) is 9.08. The number of nitrogens with zero attached hydrogens (tertiary/aromatic N) is 1. The van der Waals surface area contributed by atoms with Gasteiger partial charge in [-0.1, -0.05) is 0 Å². The van der Waals surface area contributed by atoms with Crippen LogP contribution in [0.1, 0.15) is 23.2 Å². The molecule has 0 aromatic heterocycles. The van der Waals surface area contributed by atoms with E-state index in [2.05, 4.69) is 0 Å². The minimum atomic E-state index is -0.754. The lowest BCUT2D eigenvalue weighted by molar-refractivity contribution is -0.125. The van der Waals surface area contributed by atoms with Crippen LogP contribution in [0.4, 0.5) is 8.78 Å². The van der Waals surface area contributed by atoms with Gasteiger partial charge in [0, 0.05) is 25.9 Å². The van der Waals surface area contributed by atoms with Crippen LogP contribution in [0.25, 0.3) is 0 Å². The molecule has 1 heterocycles. The number of benzene rings is 1. The normalized spacial score (nSPS) is 13.6. The van der Waals surface area contributed by atoms with Gasteiger partial charge >= 0.3 is 0 Å². The number of Topliss-reactive ketones (excluding diaryl/α,β-unsaturated/α-hetero) is 1. The molecule has 0 aliphatic carbocycles. The Balaban J connectivity index is 1.98. The average Bonchev–Trinajstić information content (AvgIpc) is 3.12. The summed E-state index contributed by atoms with van der Waals surface area (Å²) in [7, 11) is 0. The highest BCUT2D eigenvalue weighted by molar-refractivity contribution is 5.98. The van der Waals surface area contributed by atoms with Gasteiger partial charge < -0.3 is 4.90 Å². The Labute approximate surface area is 97.0 Å². The summed E-state index contributed by atoms with van der Waals surface area (Å²) >= 11 is 0. The monoisotopic (exact) mass is 239 g/mol. The maximum atomic E-state index is 13.2. The van der Waals surface area contributed by atoms with E-state index < -0.39 is 17.4 Å². The summed E-state index contributed by atoms with van der Waals surface area (Å²) in [5, 5.41) is 0. The number of amides is 1. The molecule has 90 valence electrons. The third-order valence-corrected chi connectivity index (χ3v) is 2.59. The topological polar surface area (TPSA) is 37.1 Å². The second kappa shape index (κ2) is 4.61. The average molecular weight is 239 g/mol. The van der Waals surface area contributed by atoms with Gasteiger partial charge in [0.25, 0.3) is 0 Å². The van der Waals surface area contributed by atoms with Crippen molar-refractivity contribution in [2.45, 2.75) is 12.8 Å². The molecule has 1 aliphatic rings. The first-order valence-corrected chi connectivity index (χ1v) is 5.34. The fourth-order valence-electron chi connectivity index (χ4n) is 1.52. The smallest absolute Gasteiger partial charge is 0.223 e. The Morgan fingerprint density at radius 2 is 1.88 bits per heavy atom. The minimum Gasteiger partial charge on any atom is -0.339 e. The van der Waals surface area contributed by atoms with Crippen molar-refractivity contribution in [2.75, 3.05) is 13.1 Å². The molecule has 3 nitrogen and oxygen atoms in total. The molecule has 1 saturated heterocycles. The van der Waals surface area contributed by atoms with Crippen molar-refractivity contribution in [3.63, 3.8) is 0 Å². The third-order valence-electron chi connectivity index (χ3n) is 2.59. The number of rotatable bonds is 4. The molecule has 0 atom stereocenters. The summed E-state index contributed by atoms with van der Waals surface area (Å²) in [6.07, 6.45) is -0.0372. The summed E-state index contributed by atoms with van der Waals surface area (Å²) in [6, 6.07) is 2.72. The van der Waals surface area contributed by atoms with E-state index in [0.29, 0.717) is 0 Å². The zero-order valence-electron chi connectivity index (χ0n) is 9.08. The van der Waals surface area contributed by atoms with Gasteiger partial charge in [-0.05, 0) is 18.2 Å². The second-order valence-corrected chi connectivity index (χ2v) is 3.93. The van der Waals surface area contributed by atoms with E-state index in [1.165, 1.54) is 0 Å². The van der Waals surface area contributed by atoms with Crippen LogP contribution in [-0.2, 0) is 4.79 Å². The molecule has 1 aromatic rings. The van der Waals surface area contributed by atoms with Gasteiger partial charge in [-0.2, -0.15) is 0 Å². The number of halogens is 2. The number of ketones is 1.